The third-order valence-corrected chi connectivity index (χ3v) is 5.58. The van der Waals surface area contributed by atoms with Crippen molar-refractivity contribution in [3.05, 3.63) is 18.7 Å². The quantitative estimate of drug-likeness (QED) is 0.689. The van der Waals surface area contributed by atoms with Crippen molar-refractivity contribution in [1.82, 2.24) is 19.4 Å². The molecule has 8 nitrogen and oxygen atoms in total. The maximum Gasteiger partial charge on any atom is 0.255 e. The number of hydrogen-bond acceptors (Lipinski definition) is 6. The predicted octanol–water partition coefficient (Wildman–Crippen LogP) is -0.290. The van der Waals surface area contributed by atoms with Gasteiger partial charge in [0.1, 0.15) is 0 Å². The number of methoxy groups -OCH3 is 1. The first-order chi connectivity index (χ1) is 12.4. The van der Waals surface area contributed by atoms with Gasteiger partial charge in [-0.05, 0) is 25.7 Å². The van der Waals surface area contributed by atoms with Crippen molar-refractivity contribution in [3.8, 4) is 0 Å². The Morgan fingerprint density at radius 2 is 1.96 bits per heavy atom. The van der Waals surface area contributed by atoms with Gasteiger partial charge in [-0.15, -0.1) is 0 Å². The zero-order chi connectivity index (χ0) is 18.6. The molecule has 2 N–H and O–H groups in total. The number of ether oxygens (including phenoxy) is 1. The molecule has 26 heavy (non-hydrogen) atoms. The van der Waals surface area contributed by atoms with Crippen LogP contribution < -0.4 is 0 Å². The number of aromatic nitrogens is 2. The molecule has 1 aromatic heterocycles. The number of hydrogen-bond donors (Lipinski definition) is 2. The summed E-state index contributed by atoms with van der Waals surface area (Å²) in [5.41, 5.74) is -2.09. The molecule has 0 bridgehead atoms. The molecule has 0 saturated carbocycles. The molecule has 0 aliphatic carbocycles. The van der Waals surface area contributed by atoms with E-state index in [2.05, 4.69) is 9.88 Å². The van der Waals surface area contributed by atoms with Crippen LogP contribution in [0.15, 0.2) is 18.7 Å². The lowest BCUT2D eigenvalue weighted by molar-refractivity contribution is -0.161. The van der Waals surface area contributed by atoms with Gasteiger partial charge in [-0.25, -0.2) is 4.98 Å². The lowest BCUT2D eigenvalue weighted by Gasteiger charge is -2.44. The highest BCUT2D eigenvalue weighted by Gasteiger charge is 2.44. The smallest absolute Gasteiger partial charge is 0.255 e. The normalized spacial score (nSPS) is 27.0. The van der Waals surface area contributed by atoms with Crippen molar-refractivity contribution >= 4 is 5.91 Å². The first-order valence-electron chi connectivity index (χ1n) is 9.35. The Kier molecular flexibility index (Phi) is 5.96. The molecule has 2 aliphatic rings. The van der Waals surface area contributed by atoms with Gasteiger partial charge in [0.15, 0.2) is 5.60 Å². The third-order valence-electron chi connectivity index (χ3n) is 5.58. The van der Waals surface area contributed by atoms with Gasteiger partial charge in [-0.2, -0.15) is 0 Å². The van der Waals surface area contributed by atoms with E-state index in [-0.39, 0.29) is 5.91 Å². The molecule has 2 aliphatic heterocycles. The summed E-state index contributed by atoms with van der Waals surface area (Å²) in [7, 11) is 1.61. The zero-order valence-electron chi connectivity index (χ0n) is 15.5. The fourth-order valence-electron chi connectivity index (χ4n) is 4.00. The van der Waals surface area contributed by atoms with E-state index in [0.29, 0.717) is 65.1 Å². The molecule has 3 rings (SSSR count). The minimum atomic E-state index is -1.33. The highest BCUT2D eigenvalue weighted by molar-refractivity contribution is 5.86. The second-order valence-corrected chi connectivity index (χ2v) is 7.66. The number of likely N-dealkylation sites (tertiary alicyclic amines) is 2. The molecule has 8 heteroatoms. The van der Waals surface area contributed by atoms with Crippen LogP contribution in [0.3, 0.4) is 0 Å². The maximum absolute atomic E-state index is 12.7. The number of piperidine rings is 2. The molecule has 3 heterocycles. The van der Waals surface area contributed by atoms with Crippen LogP contribution in [-0.2, 0) is 16.1 Å². The van der Waals surface area contributed by atoms with Crippen LogP contribution in [0, 0.1) is 0 Å². The Balaban J connectivity index is 1.53. The fourth-order valence-corrected chi connectivity index (χ4v) is 4.00. The monoisotopic (exact) mass is 366 g/mol. The van der Waals surface area contributed by atoms with Crippen LogP contribution in [-0.4, -0.2) is 93.1 Å². The number of nitrogens with zero attached hydrogens (tertiary/aromatic N) is 4. The van der Waals surface area contributed by atoms with Crippen molar-refractivity contribution in [3.63, 3.8) is 0 Å². The van der Waals surface area contributed by atoms with Crippen LogP contribution >= 0.6 is 0 Å². The van der Waals surface area contributed by atoms with Crippen molar-refractivity contribution < 1.29 is 19.7 Å². The SMILES string of the molecule is COCCN1CCCC(O)(CN2CCC(O)(Cn3ccnc3)CC2)C1=O. The van der Waals surface area contributed by atoms with Gasteiger partial charge < -0.3 is 24.4 Å². The number of carbonyl (C=O) groups excluding carboxylic acids is 1. The largest absolute Gasteiger partial charge is 0.388 e. The van der Waals surface area contributed by atoms with Crippen LogP contribution in [0.5, 0.6) is 0 Å². The Morgan fingerprint density at radius 1 is 1.19 bits per heavy atom. The lowest BCUT2D eigenvalue weighted by Crippen LogP contribution is -2.60. The Labute approximate surface area is 154 Å². The highest BCUT2D eigenvalue weighted by Crippen LogP contribution is 2.28. The van der Waals surface area contributed by atoms with Gasteiger partial charge in [-0.3, -0.25) is 9.69 Å². The van der Waals surface area contributed by atoms with E-state index in [1.54, 1.807) is 24.5 Å². The molecule has 1 atom stereocenters. The number of β-amino-alcohol motifs (C(OH)–C–C–N with tert-alkyl or cyclic N) is 1. The summed E-state index contributed by atoms with van der Waals surface area (Å²) in [6, 6.07) is 0. The number of rotatable bonds is 7. The van der Waals surface area contributed by atoms with E-state index in [0.717, 1.165) is 6.42 Å². The molecule has 2 fully saturated rings. The van der Waals surface area contributed by atoms with Crippen LogP contribution in [0.1, 0.15) is 25.7 Å². The summed E-state index contributed by atoms with van der Waals surface area (Å²) in [4.78, 5) is 20.5. The fraction of sp³-hybridized carbons (Fsp3) is 0.778. The number of carbonyl (C=O) groups is 1. The zero-order valence-corrected chi connectivity index (χ0v) is 15.5. The van der Waals surface area contributed by atoms with Crippen molar-refractivity contribution in [1.29, 1.82) is 0 Å². The van der Waals surface area contributed by atoms with E-state index >= 15 is 0 Å². The summed E-state index contributed by atoms with van der Waals surface area (Å²) in [6.07, 6.45) is 7.78. The average molecular weight is 366 g/mol. The molecular formula is C18H30N4O4. The first-order valence-corrected chi connectivity index (χ1v) is 9.35. The topological polar surface area (TPSA) is 91.1 Å². The summed E-state index contributed by atoms with van der Waals surface area (Å²) in [6.45, 7) is 3.85. The Hall–Kier alpha value is -1.48. The van der Waals surface area contributed by atoms with E-state index in [1.807, 2.05) is 10.8 Å². The van der Waals surface area contributed by atoms with Crippen LogP contribution in [0.25, 0.3) is 0 Å². The highest BCUT2D eigenvalue weighted by atomic mass is 16.5. The van der Waals surface area contributed by atoms with Gasteiger partial charge in [0.2, 0.25) is 0 Å². The number of amides is 1. The lowest BCUT2D eigenvalue weighted by atomic mass is 9.87. The summed E-state index contributed by atoms with van der Waals surface area (Å²) >= 11 is 0. The van der Waals surface area contributed by atoms with E-state index < -0.39 is 11.2 Å². The molecule has 0 radical (unpaired) electrons. The van der Waals surface area contributed by atoms with Crippen molar-refractivity contribution in [2.45, 2.75) is 43.4 Å². The van der Waals surface area contributed by atoms with E-state index in [1.165, 1.54) is 0 Å². The molecular weight excluding hydrogens is 336 g/mol. The predicted molar refractivity (Wildman–Crippen MR) is 95.5 cm³/mol. The van der Waals surface area contributed by atoms with Gasteiger partial charge in [0.05, 0.1) is 25.1 Å². The molecule has 1 amide bonds. The average Bonchev–Trinajstić information content (AvgIpc) is 3.11. The summed E-state index contributed by atoms with van der Waals surface area (Å²) in [5, 5.41) is 21.7. The van der Waals surface area contributed by atoms with E-state index in [9.17, 15) is 15.0 Å². The Bertz CT molecular complexity index is 586. The van der Waals surface area contributed by atoms with Crippen LogP contribution in [0.2, 0.25) is 0 Å². The number of imidazole rings is 1. The minimum Gasteiger partial charge on any atom is -0.388 e. The first kappa shape index (κ1) is 19.3. The summed E-state index contributed by atoms with van der Waals surface area (Å²) < 4.78 is 6.95. The standard InChI is InChI=1S/C18H30N4O4/c1-26-12-11-22-7-2-3-18(25,16(22)23)14-20-8-4-17(24,5-9-20)13-21-10-6-19-15-21/h6,10,15,24-25H,2-5,7-9,11-14H2,1H3. The van der Waals surface area contributed by atoms with Gasteiger partial charge in [0, 0.05) is 52.2 Å². The van der Waals surface area contributed by atoms with Gasteiger partial charge in [-0.1, -0.05) is 0 Å². The molecule has 1 unspecified atom stereocenters. The van der Waals surface area contributed by atoms with Gasteiger partial charge >= 0.3 is 0 Å². The molecule has 146 valence electrons. The van der Waals surface area contributed by atoms with Crippen LogP contribution in [0.4, 0.5) is 0 Å². The third kappa shape index (κ3) is 4.43. The second-order valence-electron chi connectivity index (χ2n) is 7.66. The molecule has 1 aromatic rings. The van der Waals surface area contributed by atoms with Crippen molar-refractivity contribution in [2.24, 2.45) is 0 Å². The van der Waals surface area contributed by atoms with Gasteiger partial charge in [0.25, 0.3) is 5.91 Å². The molecule has 0 spiro atoms. The van der Waals surface area contributed by atoms with E-state index in [4.69, 9.17) is 4.74 Å². The number of aliphatic hydroxyl groups is 2. The molecule has 2 saturated heterocycles. The molecule has 0 aromatic carbocycles. The maximum atomic E-state index is 12.7. The second kappa shape index (κ2) is 8.04. The Morgan fingerprint density at radius 3 is 2.62 bits per heavy atom. The minimum absolute atomic E-state index is 0.194. The van der Waals surface area contributed by atoms with Crippen molar-refractivity contribution in [2.75, 3.05) is 46.4 Å². The summed E-state index contributed by atoms with van der Waals surface area (Å²) in [5.74, 6) is -0.194.